The minimum atomic E-state index is -0.799. The van der Waals surface area contributed by atoms with Gasteiger partial charge in [-0.05, 0) is 19.8 Å². The molecule has 0 spiro atoms. The number of thiocarbonyl (C=S) groups is 1. The maximum Gasteiger partial charge on any atom is 0.316 e. The molecule has 5 heteroatoms. The number of carboxylic acid groups (broad SMARTS) is 1. The molecule has 1 rings (SSSR count). The SMILES string of the molecule is C[C@@H](SC(=S)N1CCCC1)C(=O)O. The van der Waals surface area contributed by atoms with Gasteiger partial charge >= 0.3 is 5.97 Å². The molecule has 1 fully saturated rings. The zero-order valence-corrected chi connectivity index (χ0v) is 9.16. The molecule has 1 saturated heterocycles. The van der Waals surface area contributed by atoms with Gasteiger partial charge in [-0.15, -0.1) is 0 Å². The molecule has 0 saturated carbocycles. The van der Waals surface area contributed by atoms with Crippen molar-refractivity contribution in [1.82, 2.24) is 4.90 Å². The molecule has 0 radical (unpaired) electrons. The molecule has 1 aliphatic rings. The summed E-state index contributed by atoms with van der Waals surface area (Å²) in [7, 11) is 0. The largest absolute Gasteiger partial charge is 0.480 e. The minimum absolute atomic E-state index is 0.437. The van der Waals surface area contributed by atoms with Crippen LogP contribution in [0.3, 0.4) is 0 Å². The van der Waals surface area contributed by atoms with Gasteiger partial charge in [-0.2, -0.15) is 0 Å². The van der Waals surface area contributed by atoms with Crippen molar-refractivity contribution in [1.29, 1.82) is 0 Å². The van der Waals surface area contributed by atoms with E-state index in [1.165, 1.54) is 24.6 Å². The fourth-order valence-corrected chi connectivity index (χ4v) is 2.53. The standard InChI is InChI=1S/C8H13NO2S2/c1-6(7(10)11)13-8(12)9-4-2-3-5-9/h6H,2-5H2,1H3,(H,10,11)/t6-/m1/s1. The van der Waals surface area contributed by atoms with Gasteiger partial charge in [-0.1, -0.05) is 24.0 Å². The van der Waals surface area contributed by atoms with Crippen molar-refractivity contribution < 1.29 is 9.90 Å². The molecule has 0 aliphatic carbocycles. The van der Waals surface area contributed by atoms with Crippen molar-refractivity contribution in [2.45, 2.75) is 25.0 Å². The summed E-state index contributed by atoms with van der Waals surface area (Å²) in [4.78, 5) is 12.6. The second-order valence-corrected chi connectivity index (χ2v) is 5.03. The fraction of sp³-hybridized carbons (Fsp3) is 0.750. The lowest BCUT2D eigenvalue weighted by molar-refractivity contribution is -0.136. The highest BCUT2D eigenvalue weighted by Crippen LogP contribution is 2.20. The number of carbonyl (C=O) groups is 1. The van der Waals surface area contributed by atoms with Crippen LogP contribution in [0.2, 0.25) is 0 Å². The van der Waals surface area contributed by atoms with Crippen LogP contribution in [0.5, 0.6) is 0 Å². The molecular weight excluding hydrogens is 206 g/mol. The van der Waals surface area contributed by atoms with E-state index in [2.05, 4.69) is 4.90 Å². The first-order chi connectivity index (χ1) is 6.11. The predicted molar refractivity (Wildman–Crippen MR) is 58.1 cm³/mol. The first-order valence-corrected chi connectivity index (χ1v) is 5.58. The van der Waals surface area contributed by atoms with Crippen LogP contribution in [0.1, 0.15) is 19.8 Å². The van der Waals surface area contributed by atoms with E-state index in [4.69, 9.17) is 17.3 Å². The van der Waals surface area contributed by atoms with E-state index >= 15 is 0 Å². The van der Waals surface area contributed by atoms with Gasteiger partial charge in [-0.25, -0.2) is 0 Å². The highest BCUT2D eigenvalue weighted by atomic mass is 32.2. The molecule has 3 nitrogen and oxygen atoms in total. The third-order valence-electron chi connectivity index (χ3n) is 1.99. The summed E-state index contributed by atoms with van der Waals surface area (Å²) in [5, 5.41) is 8.24. The molecule has 0 bridgehead atoms. The Labute approximate surface area is 87.5 Å². The van der Waals surface area contributed by atoms with E-state index in [-0.39, 0.29) is 0 Å². The lowest BCUT2D eigenvalue weighted by Gasteiger charge is -2.18. The number of aliphatic carboxylic acids is 1. The Hall–Kier alpha value is -0.290. The summed E-state index contributed by atoms with van der Waals surface area (Å²) < 4.78 is 0.729. The molecule has 74 valence electrons. The Kier molecular flexibility index (Phi) is 3.99. The van der Waals surface area contributed by atoms with Crippen LogP contribution < -0.4 is 0 Å². The summed E-state index contributed by atoms with van der Waals surface area (Å²) in [5.41, 5.74) is 0. The van der Waals surface area contributed by atoms with Crippen molar-refractivity contribution in [2.75, 3.05) is 13.1 Å². The molecule has 0 unspecified atom stereocenters. The van der Waals surface area contributed by atoms with Gasteiger partial charge in [-0.3, -0.25) is 4.79 Å². The zero-order valence-electron chi connectivity index (χ0n) is 7.52. The summed E-state index contributed by atoms with van der Waals surface area (Å²) in [5.74, 6) is -0.799. The molecular formula is C8H13NO2S2. The Morgan fingerprint density at radius 3 is 2.54 bits per heavy atom. The van der Waals surface area contributed by atoms with Gasteiger partial charge in [0.05, 0.1) is 0 Å². The lowest BCUT2D eigenvalue weighted by atomic mass is 10.4. The third kappa shape index (κ3) is 3.15. The molecule has 0 aromatic rings. The molecule has 0 aromatic carbocycles. The highest BCUT2D eigenvalue weighted by Gasteiger charge is 2.20. The first-order valence-electron chi connectivity index (χ1n) is 4.29. The quantitative estimate of drug-likeness (QED) is 0.714. The van der Waals surface area contributed by atoms with Gasteiger partial charge in [0.1, 0.15) is 9.57 Å². The van der Waals surface area contributed by atoms with E-state index in [1.54, 1.807) is 6.92 Å². The van der Waals surface area contributed by atoms with Crippen molar-refractivity contribution >= 4 is 34.3 Å². The second-order valence-electron chi connectivity index (χ2n) is 3.06. The van der Waals surface area contributed by atoms with Crippen LogP contribution in [0.15, 0.2) is 0 Å². The number of likely N-dealkylation sites (tertiary alicyclic amines) is 1. The highest BCUT2D eigenvalue weighted by molar-refractivity contribution is 8.23. The Morgan fingerprint density at radius 1 is 1.54 bits per heavy atom. The average molecular weight is 219 g/mol. The number of thioether (sulfide) groups is 1. The van der Waals surface area contributed by atoms with Crippen molar-refractivity contribution in [3.63, 3.8) is 0 Å². The Morgan fingerprint density at radius 2 is 2.08 bits per heavy atom. The maximum absolute atomic E-state index is 10.6. The monoisotopic (exact) mass is 219 g/mol. The summed E-state index contributed by atoms with van der Waals surface area (Å²) >= 11 is 6.40. The van der Waals surface area contributed by atoms with Gasteiger partial charge in [0.2, 0.25) is 0 Å². The smallest absolute Gasteiger partial charge is 0.316 e. The molecule has 1 aliphatic heterocycles. The lowest BCUT2D eigenvalue weighted by Crippen LogP contribution is -2.26. The normalized spacial score (nSPS) is 18.7. The number of hydrogen-bond acceptors (Lipinski definition) is 3. The number of carboxylic acids is 1. The van der Waals surface area contributed by atoms with E-state index in [1.807, 2.05) is 0 Å². The first kappa shape index (κ1) is 10.8. The van der Waals surface area contributed by atoms with E-state index < -0.39 is 11.2 Å². The minimum Gasteiger partial charge on any atom is -0.480 e. The van der Waals surface area contributed by atoms with E-state index in [0.717, 1.165) is 17.4 Å². The average Bonchev–Trinajstić information content (AvgIpc) is 2.55. The van der Waals surface area contributed by atoms with Crippen molar-refractivity contribution in [3.05, 3.63) is 0 Å². The van der Waals surface area contributed by atoms with Gasteiger partial charge in [0.25, 0.3) is 0 Å². The predicted octanol–water partition coefficient (Wildman–Crippen LogP) is 1.57. The van der Waals surface area contributed by atoms with Crippen LogP contribution in [0, 0.1) is 0 Å². The number of rotatable bonds is 2. The number of nitrogens with zero attached hydrogens (tertiary/aromatic N) is 1. The molecule has 1 N–H and O–H groups in total. The van der Waals surface area contributed by atoms with Crippen molar-refractivity contribution in [2.24, 2.45) is 0 Å². The molecule has 13 heavy (non-hydrogen) atoms. The third-order valence-corrected chi connectivity index (χ3v) is 3.55. The molecule has 0 amide bonds. The van der Waals surface area contributed by atoms with Crippen LogP contribution >= 0.6 is 24.0 Å². The van der Waals surface area contributed by atoms with Gasteiger partial charge in [0.15, 0.2) is 0 Å². The van der Waals surface area contributed by atoms with E-state index in [9.17, 15) is 4.79 Å². The molecule has 1 heterocycles. The van der Waals surface area contributed by atoms with E-state index in [0.29, 0.717) is 0 Å². The Balaban J connectivity index is 2.35. The van der Waals surface area contributed by atoms with Crippen molar-refractivity contribution in [3.8, 4) is 0 Å². The summed E-state index contributed by atoms with van der Waals surface area (Å²) in [6.07, 6.45) is 2.34. The van der Waals surface area contributed by atoms with Gasteiger partial charge in [0, 0.05) is 13.1 Å². The number of hydrogen-bond donors (Lipinski definition) is 1. The zero-order chi connectivity index (χ0) is 9.84. The molecule has 0 aromatic heterocycles. The van der Waals surface area contributed by atoms with Crippen LogP contribution in [0.25, 0.3) is 0 Å². The van der Waals surface area contributed by atoms with Crippen LogP contribution in [-0.2, 0) is 4.79 Å². The van der Waals surface area contributed by atoms with Gasteiger partial charge < -0.3 is 10.0 Å². The fourth-order valence-electron chi connectivity index (χ4n) is 1.18. The topological polar surface area (TPSA) is 40.5 Å². The Bertz CT molecular complexity index is 214. The summed E-state index contributed by atoms with van der Waals surface area (Å²) in [6.45, 7) is 3.63. The van der Waals surface area contributed by atoms with Crippen LogP contribution in [-0.4, -0.2) is 38.6 Å². The second kappa shape index (κ2) is 4.81. The summed E-state index contributed by atoms with van der Waals surface area (Å²) in [6, 6.07) is 0. The maximum atomic E-state index is 10.6. The van der Waals surface area contributed by atoms with Crippen LogP contribution in [0.4, 0.5) is 0 Å². The molecule has 1 atom stereocenters.